The van der Waals surface area contributed by atoms with Crippen LogP contribution in [-0.4, -0.2) is 17.6 Å². The van der Waals surface area contributed by atoms with Crippen LogP contribution in [0.1, 0.15) is 15.9 Å². The lowest BCUT2D eigenvalue weighted by atomic mass is 10.1. The van der Waals surface area contributed by atoms with E-state index in [9.17, 15) is 4.79 Å². The maximum absolute atomic E-state index is 12.7. The van der Waals surface area contributed by atoms with Gasteiger partial charge in [0.2, 0.25) is 0 Å². The molecular weight excluding hydrogens is 362 g/mol. The molecule has 0 aliphatic heterocycles. The number of hydrazine groups is 1. The van der Waals surface area contributed by atoms with Crippen molar-refractivity contribution in [1.82, 2.24) is 15.4 Å². The molecule has 2 N–H and O–H groups in total. The number of methoxy groups -OCH3 is 1. The Morgan fingerprint density at radius 2 is 1.62 bits per heavy atom. The fourth-order valence-electron chi connectivity index (χ4n) is 3.20. The summed E-state index contributed by atoms with van der Waals surface area (Å²) in [5.41, 5.74) is 8.54. The minimum absolute atomic E-state index is 0.235. The van der Waals surface area contributed by atoms with Crippen molar-refractivity contribution in [3.05, 3.63) is 103 Å². The number of hydrogen-bond donors (Lipinski definition) is 2. The number of ether oxygens (including phenoxy) is 1. The van der Waals surface area contributed by atoms with E-state index >= 15 is 0 Å². The molecule has 0 bridgehead atoms. The van der Waals surface area contributed by atoms with Gasteiger partial charge in [-0.25, -0.2) is 0 Å². The van der Waals surface area contributed by atoms with Crippen LogP contribution in [0.15, 0.2) is 91.8 Å². The van der Waals surface area contributed by atoms with Crippen LogP contribution >= 0.6 is 0 Å². The van der Waals surface area contributed by atoms with Crippen LogP contribution in [0.25, 0.3) is 22.2 Å². The lowest BCUT2D eigenvalue weighted by molar-refractivity contribution is 0.0942. The second-order valence-corrected chi connectivity index (χ2v) is 6.59. The Kier molecular flexibility index (Phi) is 5.03. The zero-order chi connectivity index (χ0) is 20.2. The number of carbonyl (C=O) groups is 1. The van der Waals surface area contributed by atoms with E-state index in [1.165, 1.54) is 0 Å². The molecule has 4 aromatic rings. The number of carbonyl (C=O) groups excluding carboxylic acids is 1. The lowest BCUT2D eigenvalue weighted by Gasteiger charge is -2.14. The number of hydrogen-bond acceptors (Lipinski definition) is 3. The lowest BCUT2D eigenvalue weighted by Crippen LogP contribution is -2.36. The van der Waals surface area contributed by atoms with Gasteiger partial charge in [-0.3, -0.25) is 15.6 Å². The molecule has 0 atom stereocenters. The topological polar surface area (TPSA) is 55.3 Å². The molecular formula is C24H21N3O2. The Bertz CT molecular complexity index is 1180. The Balaban J connectivity index is 1.49. The fraction of sp³-hybridized carbons (Fsp3) is 0.0417. The molecule has 0 saturated carbocycles. The average Bonchev–Trinajstić information content (AvgIpc) is 3.31. The highest BCUT2D eigenvalue weighted by molar-refractivity contribution is 5.98. The number of nitrogens with one attached hydrogen (secondary N) is 2. The molecule has 4 rings (SSSR count). The normalized spacial score (nSPS) is 10.5. The van der Waals surface area contributed by atoms with Crippen molar-refractivity contribution in [1.29, 1.82) is 0 Å². The standard InChI is InChI=1S/C24H21N3O2/c1-17(18-9-10-20-16-21(29-2)12-11-19(20)15-18)25-26-24(28)22-7-3-4-8-23(22)27-13-5-6-14-27/h3-16,25H,1H2,2H3,(H,26,28). The van der Waals surface area contributed by atoms with Gasteiger partial charge in [-0.1, -0.05) is 36.9 Å². The first kappa shape index (κ1) is 18.4. The van der Waals surface area contributed by atoms with Crippen LogP contribution in [0.2, 0.25) is 0 Å². The number of benzene rings is 3. The summed E-state index contributed by atoms with van der Waals surface area (Å²) in [5, 5.41) is 2.14. The first-order valence-electron chi connectivity index (χ1n) is 9.21. The second kappa shape index (κ2) is 7.94. The van der Waals surface area contributed by atoms with E-state index in [1.54, 1.807) is 13.2 Å². The summed E-state index contributed by atoms with van der Waals surface area (Å²) in [7, 11) is 1.65. The van der Waals surface area contributed by atoms with Crippen LogP contribution in [0.5, 0.6) is 5.75 Å². The molecule has 0 radical (unpaired) electrons. The maximum atomic E-state index is 12.7. The zero-order valence-electron chi connectivity index (χ0n) is 16.1. The summed E-state index contributed by atoms with van der Waals surface area (Å²) in [6.45, 7) is 4.05. The third-order valence-electron chi connectivity index (χ3n) is 4.75. The van der Waals surface area contributed by atoms with Gasteiger partial charge in [-0.2, -0.15) is 0 Å². The maximum Gasteiger partial charge on any atom is 0.271 e. The van der Waals surface area contributed by atoms with Crippen molar-refractivity contribution in [3.63, 3.8) is 0 Å². The predicted octanol–water partition coefficient (Wildman–Crippen LogP) is 4.54. The quantitative estimate of drug-likeness (QED) is 0.481. The van der Waals surface area contributed by atoms with E-state index < -0.39 is 0 Å². The molecule has 144 valence electrons. The van der Waals surface area contributed by atoms with E-state index in [2.05, 4.69) is 17.4 Å². The van der Waals surface area contributed by atoms with Crippen LogP contribution in [0, 0.1) is 0 Å². The fourth-order valence-corrected chi connectivity index (χ4v) is 3.20. The van der Waals surface area contributed by atoms with Crippen molar-refractivity contribution in [2.75, 3.05) is 7.11 Å². The molecule has 1 amide bonds. The van der Waals surface area contributed by atoms with Crippen molar-refractivity contribution < 1.29 is 9.53 Å². The largest absolute Gasteiger partial charge is 0.497 e. The number of para-hydroxylation sites is 1. The molecule has 0 spiro atoms. The molecule has 3 aromatic carbocycles. The minimum atomic E-state index is -0.235. The highest BCUT2D eigenvalue weighted by atomic mass is 16.5. The molecule has 1 heterocycles. The molecule has 0 saturated heterocycles. The Hall–Kier alpha value is -3.99. The van der Waals surface area contributed by atoms with Gasteiger partial charge in [0.1, 0.15) is 5.75 Å². The third-order valence-corrected chi connectivity index (χ3v) is 4.75. The van der Waals surface area contributed by atoms with E-state index in [4.69, 9.17) is 4.74 Å². The number of amides is 1. The number of nitrogens with zero attached hydrogens (tertiary/aromatic N) is 1. The Morgan fingerprint density at radius 1 is 0.897 bits per heavy atom. The van der Waals surface area contributed by atoms with Gasteiger partial charge >= 0.3 is 0 Å². The predicted molar refractivity (Wildman–Crippen MR) is 116 cm³/mol. The van der Waals surface area contributed by atoms with Gasteiger partial charge < -0.3 is 9.30 Å². The third kappa shape index (κ3) is 3.84. The van der Waals surface area contributed by atoms with E-state index in [1.807, 2.05) is 83.7 Å². The van der Waals surface area contributed by atoms with Gasteiger partial charge in [0.05, 0.1) is 24.1 Å². The van der Waals surface area contributed by atoms with Gasteiger partial charge in [-0.05, 0) is 58.8 Å². The van der Waals surface area contributed by atoms with Gasteiger partial charge in [0, 0.05) is 12.4 Å². The van der Waals surface area contributed by atoms with Crippen molar-refractivity contribution in [2.45, 2.75) is 0 Å². The van der Waals surface area contributed by atoms with Crippen LogP contribution in [-0.2, 0) is 0 Å². The van der Waals surface area contributed by atoms with Crippen LogP contribution < -0.4 is 15.6 Å². The number of aromatic nitrogens is 1. The van der Waals surface area contributed by atoms with E-state index in [0.717, 1.165) is 27.8 Å². The summed E-state index contributed by atoms with van der Waals surface area (Å²) in [4.78, 5) is 12.7. The summed E-state index contributed by atoms with van der Waals surface area (Å²) >= 11 is 0. The first-order valence-corrected chi connectivity index (χ1v) is 9.21. The Morgan fingerprint density at radius 3 is 2.41 bits per heavy atom. The molecule has 29 heavy (non-hydrogen) atoms. The number of fused-ring (bicyclic) bond motifs is 1. The minimum Gasteiger partial charge on any atom is -0.497 e. The summed E-state index contributed by atoms with van der Waals surface area (Å²) in [6.07, 6.45) is 3.81. The van der Waals surface area contributed by atoms with E-state index in [0.29, 0.717) is 11.3 Å². The van der Waals surface area contributed by atoms with Crippen molar-refractivity contribution in [3.8, 4) is 11.4 Å². The van der Waals surface area contributed by atoms with E-state index in [-0.39, 0.29) is 5.91 Å². The summed E-state index contributed by atoms with van der Waals surface area (Å²) in [6, 6.07) is 23.2. The molecule has 1 aromatic heterocycles. The monoisotopic (exact) mass is 383 g/mol. The van der Waals surface area contributed by atoms with Gasteiger partial charge in [0.15, 0.2) is 0 Å². The summed E-state index contributed by atoms with van der Waals surface area (Å²) < 4.78 is 7.17. The van der Waals surface area contributed by atoms with Crippen LogP contribution in [0.3, 0.4) is 0 Å². The molecule has 0 unspecified atom stereocenters. The second-order valence-electron chi connectivity index (χ2n) is 6.59. The zero-order valence-corrected chi connectivity index (χ0v) is 16.1. The highest BCUT2D eigenvalue weighted by Gasteiger charge is 2.12. The first-order chi connectivity index (χ1) is 14.2. The van der Waals surface area contributed by atoms with Crippen LogP contribution in [0.4, 0.5) is 0 Å². The number of rotatable bonds is 6. The SMILES string of the molecule is C=C(NNC(=O)c1ccccc1-n1cccc1)c1ccc2cc(OC)ccc2c1. The van der Waals surface area contributed by atoms with Crippen molar-refractivity contribution in [2.24, 2.45) is 0 Å². The summed E-state index contributed by atoms with van der Waals surface area (Å²) in [5.74, 6) is 0.580. The average molecular weight is 383 g/mol. The van der Waals surface area contributed by atoms with Crippen molar-refractivity contribution >= 4 is 22.4 Å². The van der Waals surface area contributed by atoms with Gasteiger partial charge in [-0.15, -0.1) is 0 Å². The molecule has 0 fully saturated rings. The van der Waals surface area contributed by atoms with Gasteiger partial charge in [0.25, 0.3) is 5.91 Å². The molecule has 0 aliphatic carbocycles. The molecule has 5 heteroatoms. The smallest absolute Gasteiger partial charge is 0.271 e. The molecule has 5 nitrogen and oxygen atoms in total. The Labute approximate surface area is 169 Å². The molecule has 0 aliphatic rings. The highest BCUT2D eigenvalue weighted by Crippen LogP contribution is 2.23.